The van der Waals surface area contributed by atoms with Crippen LogP contribution in [0, 0.1) is 17.1 Å². The summed E-state index contributed by atoms with van der Waals surface area (Å²) in [6, 6.07) is 15.3. The van der Waals surface area contributed by atoms with Crippen LogP contribution in [0.4, 0.5) is 10.1 Å². The number of anilines is 1. The standard InChI is InChI=1S/C21H23FN4O/c1-24(2)20(17-4-3-5-18(22)14-17)21(27)26-12-10-25(11-13-26)19-8-6-16(15-23)7-9-19/h3-9,14,20H,10-13H2,1-2H3/t20-/m0/s1. The molecule has 0 saturated carbocycles. The lowest BCUT2D eigenvalue weighted by atomic mass is 10.0. The highest BCUT2D eigenvalue weighted by molar-refractivity contribution is 5.83. The van der Waals surface area contributed by atoms with E-state index in [-0.39, 0.29) is 11.7 Å². The summed E-state index contributed by atoms with van der Waals surface area (Å²) in [7, 11) is 3.67. The second-order valence-corrected chi connectivity index (χ2v) is 6.89. The van der Waals surface area contributed by atoms with E-state index in [1.165, 1.54) is 12.1 Å². The van der Waals surface area contributed by atoms with Crippen LogP contribution in [0.25, 0.3) is 0 Å². The molecule has 1 saturated heterocycles. The third-order valence-electron chi connectivity index (χ3n) is 4.87. The fourth-order valence-corrected chi connectivity index (χ4v) is 3.44. The molecule has 0 spiro atoms. The van der Waals surface area contributed by atoms with Crippen LogP contribution in [0.3, 0.4) is 0 Å². The van der Waals surface area contributed by atoms with Crippen LogP contribution >= 0.6 is 0 Å². The van der Waals surface area contributed by atoms with Crippen molar-refractivity contribution < 1.29 is 9.18 Å². The molecule has 3 rings (SSSR count). The van der Waals surface area contributed by atoms with E-state index in [4.69, 9.17) is 5.26 Å². The van der Waals surface area contributed by atoms with Crippen LogP contribution in [0.15, 0.2) is 48.5 Å². The number of amides is 1. The van der Waals surface area contributed by atoms with Crippen molar-refractivity contribution in [1.82, 2.24) is 9.80 Å². The van der Waals surface area contributed by atoms with Gasteiger partial charge in [-0.25, -0.2) is 4.39 Å². The molecule has 1 fully saturated rings. The van der Waals surface area contributed by atoms with Gasteiger partial charge in [0.05, 0.1) is 11.6 Å². The summed E-state index contributed by atoms with van der Waals surface area (Å²) in [5.41, 5.74) is 2.35. The highest BCUT2D eigenvalue weighted by Crippen LogP contribution is 2.24. The predicted molar refractivity (Wildman–Crippen MR) is 103 cm³/mol. The molecule has 0 aromatic heterocycles. The van der Waals surface area contributed by atoms with Crippen LogP contribution < -0.4 is 4.90 Å². The van der Waals surface area contributed by atoms with Gasteiger partial charge in [-0.05, 0) is 56.1 Å². The smallest absolute Gasteiger partial charge is 0.244 e. The maximum absolute atomic E-state index is 13.6. The Morgan fingerprint density at radius 3 is 2.33 bits per heavy atom. The van der Waals surface area contributed by atoms with Gasteiger partial charge in [0.1, 0.15) is 11.9 Å². The minimum absolute atomic E-state index is 0.00919. The third kappa shape index (κ3) is 4.26. The summed E-state index contributed by atoms with van der Waals surface area (Å²) < 4.78 is 13.6. The molecule has 0 aliphatic carbocycles. The summed E-state index contributed by atoms with van der Waals surface area (Å²) in [6.45, 7) is 2.67. The van der Waals surface area contributed by atoms with Gasteiger partial charge in [-0.3, -0.25) is 9.69 Å². The molecule has 1 heterocycles. The SMILES string of the molecule is CN(C)[C@H](C(=O)N1CCN(c2ccc(C#N)cc2)CC1)c1cccc(F)c1. The minimum atomic E-state index is -0.498. The number of hydrogen-bond donors (Lipinski definition) is 0. The Morgan fingerprint density at radius 2 is 1.78 bits per heavy atom. The fraction of sp³-hybridized carbons (Fsp3) is 0.333. The van der Waals surface area contributed by atoms with Gasteiger partial charge in [-0.15, -0.1) is 0 Å². The van der Waals surface area contributed by atoms with Gasteiger partial charge in [-0.2, -0.15) is 5.26 Å². The molecular weight excluding hydrogens is 343 g/mol. The second kappa shape index (κ2) is 8.19. The van der Waals surface area contributed by atoms with Crippen molar-refractivity contribution in [2.24, 2.45) is 0 Å². The van der Waals surface area contributed by atoms with Gasteiger partial charge in [0, 0.05) is 31.9 Å². The number of nitriles is 1. The largest absolute Gasteiger partial charge is 0.368 e. The molecule has 1 aliphatic rings. The molecule has 0 N–H and O–H groups in total. The van der Waals surface area contributed by atoms with Gasteiger partial charge >= 0.3 is 0 Å². The number of piperazine rings is 1. The summed E-state index contributed by atoms with van der Waals surface area (Å²) in [5, 5.41) is 8.91. The molecule has 2 aromatic carbocycles. The van der Waals surface area contributed by atoms with E-state index in [9.17, 15) is 9.18 Å². The normalized spacial score (nSPS) is 15.5. The molecule has 27 heavy (non-hydrogen) atoms. The first-order valence-corrected chi connectivity index (χ1v) is 8.95. The molecule has 6 heteroatoms. The topological polar surface area (TPSA) is 50.6 Å². The number of nitrogens with zero attached hydrogens (tertiary/aromatic N) is 4. The number of hydrogen-bond acceptors (Lipinski definition) is 4. The Morgan fingerprint density at radius 1 is 1.11 bits per heavy atom. The Balaban J connectivity index is 1.68. The third-order valence-corrected chi connectivity index (χ3v) is 4.87. The number of carbonyl (C=O) groups is 1. The summed E-state index contributed by atoms with van der Waals surface area (Å²) in [4.78, 5) is 19.0. The summed E-state index contributed by atoms with van der Waals surface area (Å²) >= 11 is 0. The van der Waals surface area contributed by atoms with Crippen LogP contribution in [-0.2, 0) is 4.79 Å². The second-order valence-electron chi connectivity index (χ2n) is 6.89. The van der Waals surface area contributed by atoms with Crippen molar-refractivity contribution in [2.45, 2.75) is 6.04 Å². The van der Waals surface area contributed by atoms with E-state index in [0.717, 1.165) is 18.8 Å². The Labute approximate surface area is 159 Å². The Kier molecular flexibility index (Phi) is 5.72. The molecule has 1 atom stereocenters. The zero-order valence-electron chi connectivity index (χ0n) is 15.6. The maximum Gasteiger partial charge on any atom is 0.244 e. The van der Waals surface area contributed by atoms with E-state index in [0.29, 0.717) is 24.2 Å². The van der Waals surface area contributed by atoms with E-state index >= 15 is 0 Å². The predicted octanol–water partition coefficient (Wildman–Crippen LogP) is 2.65. The molecule has 0 bridgehead atoms. The molecule has 2 aromatic rings. The number of carbonyl (C=O) groups excluding carboxylic acids is 1. The van der Waals surface area contributed by atoms with Gasteiger partial charge in [-0.1, -0.05) is 12.1 Å². The molecule has 5 nitrogen and oxygen atoms in total. The molecule has 0 radical (unpaired) electrons. The maximum atomic E-state index is 13.6. The van der Waals surface area contributed by atoms with E-state index < -0.39 is 6.04 Å². The van der Waals surface area contributed by atoms with Gasteiger partial charge in [0.25, 0.3) is 0 Å². The lowest BCUT2D eigenvalue weighted by Gasteiger charge is -2.38. The minimum Gasteiger partial charge on any atom is -0.368 e. The molecular formula is C21H23FN4O. The molecule has 1 aliphatic heterocycles. The average molecular weight is 366 g/mol. The van der Waals surface area contributed by atoms with E-state index in [2.05, 4.69) is 11.0 Å². The van der Waals surface area contributed by atoms with Gasteiger partial charge < -0.3 is 9.80 Å². The van der Waals surface area contributed by atoms with E-state index in [1.807, 2.05) is 36.0 Å². The number of benzene rings is 2. The molecule has 1 amide bonds. The molecule has 0 unspecified atom stereocenters. The van der Waals surface area contributed by atoms with Crippen molar-refractivity contribution in [3.63, 3.8) is 0 Å². The number of rotatable bonds is 4. The lowest BCUT2D eigenvalue weighted by Crippen LogP contribution is -2.51. The highest BCUT2D eigenvalue weighted by atomic mass is 19.1. The molecule has 140 valence electrons. The number of halogens is 1. The van der Waals surface area contributed by atoms with Crippen LogP contribution in [-0.4, -0.2) is 56.0 Å². The van der Waals surface area contributed by atoms with Crippen LogP contribution in [0.1, 0.15) is 17.2 Å². The van der Waals surface area contributed by atoms with Gasteiger partial charge in [0.2, 0.25) is 5.91 Å². The van der Waals surface area contributed by atoms with Gasteiger partial charge in [0.15, 0.2) is 0 Å². The number of likely N-dealkylation sites (N-methyl/N-ethyl adjacent to an activating group) is 1. The van der Waals surface area contributed by atoms with Crippen molar-refractivity contribution in [3.8, 4) is 6.07 Å². The summed E-state index contributed by atoms with van der Waals surface area (Å²) in [6.07, 6.45) is 0. The monoisotopic (exact) mass is 366 g/mol. The van der Waals surface area contributed by atoms with Crippen LogP contribution in [0.5, 0.6) is 0 Å². The zero-order chi connectivity index (χ0) is 19.4. The van der Waals surface area contributed by atoms with Crippen molar-refractivity contribution in [2.75, 3.05) is 45.2 Å². The highest BCUT2D eigenvalue weighted by Gasteiger charge is 2.30. The first-order valence-electron chi connectivity index (χ1n) is 8.95. The summed E-state index contributed by atoms with van der Waals surface area (Å²) in [5.74, 6) is -0.345. The van der Waals surface area contributed by atoms with Crippen molar-refractivity contribution in [3.05, 3.63) is 65.5 Å². The first-order chi connectivity index (χ1) is 13.0. The lowest BCUT2D eigenvalue weighted by molar-refractivity contribution is -0.136. The average Bonchev–Trinajstić information content (AvgIpc) is 2.68. The van der Waals surface area contributed by atoms with Crippen LogP contribution in [0.2, 0.25) is 0 Å². The zero-order valence-corrected chi connectivity index (χ0v) is 15.6. The first kappa shape index (κ1) is 18.9. The Bertz CT molecular complexity index is 836. The fourth-order valence-electron chi connectivity index (χ4n) is 3.44. The quantitative estimate of drug-likeness (QED) is 0.835. The Hall–Kier alpha value is -2.91. The van der Waals surface area contributed by atoms with Crippen molar-refractivity contribution in [1.29, 1.82) is 5.26 Å². The van der Waals surface area contributed by atoms with Crippen molar-refractivity contribution >= 4 is 11.6 Å². The van der Waals surface area contributed by atoms with E-state index in [1.54, 1.807) is 24.3 Å².